The van der Waals surface area contributed by atoms with Gasteiger partial charge in [0.1, 0.15) is 5.82 Å². The average Bonchev–Trinajstić information content (AvgIpc) is 2.30. The number of rotatable bonds is 6. The third kappa shape index (κ3) is 4.37. The molecule has 2 unspecified atom stereocenters. The lowest BCUT2D eigenvalue weighted by molar-refractivity contribution is 0.0496. The Morgan fingerprint density at radius 3 is 2.76 bits per heavy atom. The molecule has 1 N–H and O–H groups in total. The minimum Gasteiger partial charge on any atom is -0.377 e. The van der Waals surface area contributed by atoms with Gasteiger partial charge in [0.2, 0.25) is 0 Å². The van der Waals surface area contributed by atoms with E-state index in [0.717, 1.165) is 16.5 Å². The summed E-state index contributed by atoms with van der Waals surface area (Å²) in [4.78, 5) is 0. The van der Waals surface area contributed by atoms with Crippen molar-refractivity contribution in [2.45, 2.75) is 32.4 Å². The van der Waals surface area contributed by atoms with Gasteiger partial charge in [0.15, 0.2) is 0 Å². The second-order valence-corrected chi connectivity index (χ2v) is 4.85. The fourth-order valence-electron chi connectivity index (χ4n) is 1.82. The Balaban J connectivity index is 2.76. The first-order valence-corrected chi connectivity index (χ1v) is 6.60. The van der Waals surface area contributed by atoms with Crippen molar-refractivity contribution in [3.8, 4) is 0 Å². The van der Waals surface area contributed by atoms with E-state index in [1.807, 2.05) is 20.9 Å². The van der Waals surface area contributed by atoms with Gasteiger partial charge in [-0.25, -0.2) is 4.39 Å². The van der Waals surface area contributed by atoms with Crippen molar-refractivity contribution >= 4 is 15.9 Å². The molecule has 17 heavy (non-hydrogen) atoms. The molecule has 1 aromatic rings. The van der Waals surface area contributed by atoms with Gasteiger partial charge in [-0.3, -0.25) is 0 Å². The molecule has 0 amide bonds. The molecule has 0 aliphatic carbocycles. The van der Waals surface area contributed by atoms with Gasteiger partial charge >= 0.3 is 0 Å². The van der Waals surface area contributed by atoms with Crippen molar-refractivity contribution in [3.05, 3.63) is 34.1 Å². The van der Waals surface area contributed by atoms with Crippen molar-refractivity contribution in [2.75, 3.05) is 13.7 Å². The minimum atomic E-state index is -0.206. The monoisotopic (exact) mass is 303 g/mol. The second kappa shape index (κ2) is 7.09. The SMILES string of the molecule is CCOC(C)C(Cc1cc(F)ccc1Br)NC. The van der Waals surface area contributed by atoms with Gasteiger partial charge in [-0.2, -0.15) is 0 Å². The van der Waals surface area contributed by atoms with Crippen LogP contribution in [0.3, 0.4) is 0 Å². The highest BCUT2D eigenvalue weighted by atomic mass is 79.9. The molecule has 0 aliphatic rings. The Hall–Kier alpha value is -0.450. The predicted octanol–water partition coefficient (Wildman–Crippen LogP) is 3.14. The first-order chi connectivity index (χ1) is 8.08. The largest absolute Gasteiger partial charge is 0.377 e. The zero-order valence-electron chi connectivity index (χ0n) is 10.5. The molecule has 0 radical (unpaired) electrons. The molecule has 96 valence electrons. The van der Waals surface area contributed by atoms with Gasteiger partial charge in [-0.15, -0.1) is 0 Å². The number of halogens is 2. The summed E-state index contributed by atoms with van der Waals surface area (Å²) in [5, 5.41) is 3.21. The lowest BCUT2D eigenvalue weighted by Gasteiger charge is -2.24. The van der Waals surface area contributed by atoms with Gasteiger partial charge < -0.3 is 10.1 Å². The summed E-state index contributed by atoms with van der Waals surface area (Å²) in [5.41, 5.74) is 0.955. The van der Waals surface area contributed by atoms with E-state index in [2.05, 4.69) is 21.2 Å². The number of ether oxygens (including phenoxy) is 1. The molecule has 0 saturated carbocycles. The van der Waals surface area contributed by atoms with E-state index in [-0.39, 0.29) is 18.0 Å². The molecular weight excluding hydrogens is 285 g/mol. The van der Waals surface area contributed by atoms with Crippen molar-refractivity contribution in [1.29, 1.82) is 0 Å². The molecule has 2 nitrogen and oxygen atoms in total. The lowest BCUT2D eigenvalue weighted by atomic mass is 10.0. The molecule has 4 heteroatoms. The fourth-order valence-corrected chi connectivity index (χ4v) is 2.23. The molecule has 0 fully saturated rings. The summed E-state index contributed by atoms with van der Waals surface area (Å²) in [7, 11) is 1.90. The summed E-state index contributed by atoms with van der Waals surface area (Å²) >= 11 is 3.44. The van der Waals surface area contributed by atoms with E-state index in [9.17, 15) is 4.39 Å². The highest BCUT2D eigenvalue weighted by Gasteiger charge is 2.17. The Labute approximate surface area is 111 Å². The normalized spacial score (nSPS) is 14.6. The van der Waals surface area contributed by atoms with Crippen LogP contribution in [0.5, 0.6) is 0 Å². The molecule has 0 heterocycles. The van der Waals surface area contributed by atoms with E-state index >= 15 is 0 Å². The Morgan fingerprint density at radius 2 is 2.18 bits per heavy atom. The van der Waals surface area contributed by atoms with Crippen molar-refractivity contribution < 1.29 is 9.13 Å². The van der Waals surface area contributed by atoms with Crippen LogP contribution in [0.2, 0.25) is 0 Å². The van der Waals surface area contributed by atoms with E-state index in [0.29, 0.717) is 6.61 Å². The van der Waals surface area contributed by atoms with Crippen LogP contribution in [0.1, 0.15) is 19.4 Å². The van der Waals surface area contributed by atoms with Crippen molar-refractivity contribution in [3.63, 3.8) is 0 Å². The maximum Gasteiger partial charge on any atom is 0.123 e. The molecule has 0 aliphatic heterocycles. The highest BCUT2D eigenvalue weighted by Crippen LogP contribution is 2.20. The third-order valence-electron chi connectivity index (χ3n) is 2.81. The highest BCUT2D eigenvalue weighted by molar-refractivity contribution is 9.10. The minimum absolute atomic E-state index is 0.0974. The van der Waals surface area contributed by atoms with Crippen LogP contribution in [0.25, 0.3) is 0 Å². The van der Waals surface area contributed by atoms with Crippen LogP contribution in [0.15, 0.2) is 22.7 Å². The van der Waals surface area contributed by atoms with Gasteiger partial charge in [-0.1, -0.05) is 15.9 Å². The molecule has 0 bridgehead atoms. The summed E-state index contributed by atoms with van der Waals surface area (Å²) < 4.78 is 19.7. The first-order valence-electron chi connectivity index (χ1n) is 5.81. The molecule has 0 saturated heterocycles. The summed E-state index contributed by atoms with van der Waals surface area (Å²) in [5.74, 6) is -0.206. The lowest BCUT2D eigenvalue weighted by Crippen LogP contribution is -2.39. The first kappa shape index (κ1) is 14.6. The molecule has 2 atom stereocenters. The zero-order chi connectivity index (χ0) is 12.8. The molecular formula is C13H19BrFNO. The fraction of sp³-hybridized carbons (Fsp3) is 0.538. The number of hydrogen-bond donors (Lipinski definition) is 1. The molecule has 1 rings (SSSR count). The van der Waals surface area contributed by atoms with Crippen LogP contribution >= 0.6 is 15.9 Å². The molecule has 0 aromatic heterocycles. The van der Waals surface area contributed by atoms with Gasteiger partial charge in [0.05, 0.1) is 6.10 Å². The van der Waals surface area contributed by atoms with Crippen LogP contribution < -0.4 is 5.32 Å². The summed E-state index contributed by atoms with van der Waals surface area (Å²) in [6.45, 7) is 4.68. The summed E-state index contributed by atoms with van der Waals surface area (Å²) in [6, 6.07) is 4.93. The molecule has 1 aromatic carbocycles. The Morgan fingerprint density at radius 1 is 1.47 bits per heavy atom. The van der Waals surface area contributed by atoms with Crippen molar-refractivity contribution in [2.24, 2.45) is 0 Å². The Bertz CT molecular complexity index is 359. The average molecular weight is 304 g/mol. The van der Waals surface area contributed by atoms with Crippen molar-refractivity contribution in [1.82, 2.24) is 5.32 Å². The number of hydrogen-bond acceptors (Lipinski definition) is 2. The van der Waals surface area contributed by atoms with Crippen LogP contribution in [-0.4, -0.2) is 25.8 Å². The molecule has 0 spiro atoms. The third-order valence-corrected chi connectivity index (χ3v) is 3.59. The topological polar surface area (TPSA) is 21.3 Å². The number of nitrogens with one attached hydrogen (secondary N) is 1. The van der Waals surface area contributed by atoms with Crippen LogP contribution in [-0.2, 0) is 11.2 Å². The second-order valence-electron chi connectivity index (χ2n) is 4.00. The van der Waals surface area contributed by atoms with Crippen LogP contribution in [0, 0.1) is 5.82 Å². The van der Waals surface area contributed by atoms with E-state index < -0.39 is 0 Å². The van der Waals surface area contributed by atoms with Crippen LogP contribution in [0.4, 0.5) is 4.39 Å². The maximum absolute atomic E-state index is 13.2. The Kier molecular flexibility index (Phi) is 6.09. The van der Waals surface area contributed by atoms with Gasteiger partial charge in [0, 0.05) is 17.1 Å². The number of likely N-dealkylation sites (N-methyl/N-ethyl adjacent to an activating group) is 1. The smallest absolute Gasteiger partial charge is 0.123 e. The van der Waals surface area contributed by atoms with Gasteiger partial charge in [0.25, 0.3) is 0 Å². The van der Waals surface area contributed by atoms with E-state index in [4.69, 9.17) is 4.74 Å². The maximum atomic E-state index is 13.2. The number of benzene rings is 1. The predicted molar refractivity (Wildman–Crippen MR) is 71.7 cm³/mol. The van der Waals surface area contributed by atoms with Gasteiger partial charge in [-0.05, 0) is 51.1 Å². The zero-order valence-corrected chi connectivity index (χ0v) is 12.1. The summed E-state index contributed by atoms with van der Waals surface area (Å²) in [6.07, 6.45) is 0.830. The standard InChI is InChI=1S/C13H19BrFNO/c1-4-17-9(2)13(16-3)8-10-7-11(15)5-6-12(10)14/h5-7,9,13,16H,4,8H2,1-3H3. The van der Waals surface area contributed by atoms with E-state index in [1.165, 1.54) is 6.07 Å². The quantitative estimate of drug-likeness (QED) is 0.872. The van der Waals surface area contributed by atoms with E-state index in [1.54, 1.807) is 12.1 Å².